The highest BCUT2D eigenvalue weighted by Crippen LogP contribution is 2.30. The third kappa shape index (κ3) is 4.47. The predicted octanol–water partition coefficient (Wildman–Crippen LogP) is 3.05. The Kier molecular flexibility index (Phi) is 6.61. The molecule has 1 saturated carbocycles. The second-order valence-corrected chi connectivity index (χ2v) is 6.84. The van der Waals surface area contributed by atoms with Crippen LogP contribution >= 0.6 is 12.4 Å². The molecule has 2 N–H and O–H groups in total. The minimum absolute atomic E-state index is 0. The van der Waals surface area contributed by atoms with Gasteiger partial charge in [0.05, 0.1) is 12.6 Å². The monoisotopic (exact) mass is 356 g/mol. The average Bonchev–Trinajstić information content (AvgIpc) is 2.92. The topological polar surface area (TPSA) is 55.6 Å². The van der Waals surface area contributed by atoms with Gasteiger partial charge in [0, 0.05) is 19.0 Å². The van der Waals surface area contributed by atoms with Crippen LogP contribution in [0.25, 0.3) is 0 Å². The molecule has 2 aliphatic rings. The number of nitrogens with two attached hydrogens (primary N) is 1. The van der Waals surface area contributed by atoms with Crippen molar-refractivity contribution in [3.05, 3.63) is 35.6 Å². The fourth-order valence-electron chi connectivity index (χ4n) is 3.69. The van der Waals surface area contributed by atoms with Crippen LogP contribution in [0.15, 0.2) is 24.3 Å². The van der Waals surface area contributed by atoms with Crippen LogP contribution in [-0.2, 0) is 9.53 Å². The summed E-state index contributed by atoms with van der Waals surface area (Å²) in [5, 5.41) is 0. The number of hydrogen-bond donors (Lipinski definition) is 1. The lowest BCUT2D eigenvalue weighted by Gasteiger charge is -2.37. The van der Waals surface area contributed by atoms with Crippen molar-refractivity contribution in [2.45, 2.75) is 50.9 Å². The van der Waals surface area contributed by atoms with Gasteiger partial charge in [0.15, 0.2) is 0 Å². The number of carbonyl (C=O) groups excluding carboxylic acids is 1. The fraction of sp³-hybridized carbons (Fsp3) is 0.611. The molecule has 0 bridgehead atoms. The van der Waals surface area contributed by atoms with Gasteiger partial charge in [0.25, 0.3) is 0 Å². The second-order valence-electron chi connectivity index (χ2n) is 6.84. The Labute approximate surface area is 148 Å². The normalized spacial score (nSPS) is 30.0. The number of nitrogens with zero attached hydrogens (tertiary/aromatic N) is 1. The molecule has 2 unspecified atom stereocenters. The summed E-state index contributed by atoms with van der Waals surface area (Å²) in [5.74, 6) is 0.209. The molecule has 0 radical (unpaired) electrons. The van der Waals surface area contributed by atoms with Crippen molar-refractivity contribution in [3.63, 3.8) is 0 Å². The zero-order valence-corrected chi connectivity index (χ0v) is 14.8. The van der Waals surface area contributed by atoms with E-state index in [-0.39, 0.29) is 42.4 Å². The molecule has 1 aliphatic carbocycles. The van der Waals surface area contributed by atoms with Gasteiger partial charge >= 0.3 is 0 Å². The molecular formula is C18H26ClFN2O2. The Morgan fingerprint density at radius 1 is 1.29 bits per heavy atom. The lowest BCUT2D eigenvalue weighted by molar-refractivity contribution is -0.145. The molecule has 1 aliphatic heterocycles. The first kappa shape index (κ1) is 19.2. The van der Waals surface area contributed by atoms with E-state index in [4.69, 9.17) is 10.5 Å². The Hall–Kier alpha value is -1.17. The number of ether oxygens (including phenoxy) is 1. The van der Waals surface area contributed by atoms with Crippen molar-refractivity contribution >= 4 is 18.3 Å². The summed E-state index contributed by atoms with van der Waals surface area (Å²) in [6, 6.07) is 6.48. The zero-order chi connectivity index (χ0) is 16.4. The van der Waals surface area contributed by atoms with E-state index >= 15 is 0 Å². The predicted molar refractivity (Wildman–Crippen MR) is 93.4 cm³/mol. The van der Waals surface area contributed by atoms with Crippen molar-refractivity contribution in [1.82, 2.24) is 4.90 Å². The van der Waals surface area contributed by atoms with Gasteiger partial charge in [-0.15, -0.1) is 12.4 Å². The number of amides is 1. The van der Waals surface area contributed by atoms with Gasteiger partial charge in [0.2, 0.25) is 5.91 Å². The van der Waals surface area contributed by atoms with Crippen molar-refractivity contribution in [2.75, 3.05) is 13.1 Å². The summed E-state index contributed by atoms with van der Waals surface area (Å²) in [6.45, 7) is 3.10. The van der Waals surface area contributed by atoms with Crippen LogP contribution in [0.2, 0.25) is 0 Å². The summed E-state index contributed by atoms with van der Waals surface area (Å²) in [6.07, 6.45) is 3.51. The summed E-state index contributed by atoms with van der Waals surface area (Å²) < 4.78 is 19.0. The van der Waals surface area contributed by atoms with Gasteiger partial charge in [-0.3, -0.25) is 4.79 Å². The van der Waals surface area contributed by atoms with Crippen LogP contribution in [0.5, 0.6) is 0 Å². The summed E-state index contributed by atoms with van der Waals surface area (Å²) >= 11 is 0. The average molecular weight is 357 g/mol. The first-order valence-electron chi connectivity index (χ1n) is 8.47. The van der Waals surface area contributed by atoms with Gasteiger partial charge in [-0.2, -0.15) is 0 Å². The Bertz CT molecular complexity index is 554. The molecule has 3 rings (SSSR count). The molecule has 1 heterocycles. The van der Waals surface area contributed by atoms with Crippen molar-refractivity contribution < 1.29 is 13.9 Å². The zero-order valence-electron chi connectivity index (χ0n) is 14.0. The van der Waals surface area contributed by atoms with E-state index in [9.17, 15) is 9.18 Å². The van der Waals surface area contributed by atoms with E-state index < -0.39 is 0 Å². The first-order chi connectivity index (χ1) is 11.0. The van der Waals surface area contributed by atoms with E-state index in [1.54, 1.807) is 12.1 Å². The number of hydrogen-bond acceptors (Lipinski definition) is 3. The van der Waals surface area contributed by atoms with Gasteiger partial charge in [0.1, 0.15) is 11.9 Å². The number of morpholine rings is 1. The largest absolute Gasteiger partial charge is 0.367 e. The third-order valence-corrected chi connectivity index (χ3v) is 5.01. The van der Waals surface area contributed by atoms with Crippen molar-refractivity contribution in [1.29, 1.82) is 0 Å². The quantitative estimate of drug-likeness (QED) is 0.905. The van der Waals surface area contributed by atoms with Crippen LogP contribution in [0, 0.1) is 11.7 Å². The van der Waals surface area contributed by atoms with Gasteiger partial charge in [-0.25, -0.2) is 4.39 Å². The van der Waals surface area contributed by atoms with Crippen LogP contribution in [0.3, 0.4) is 0 Å². The maximum absolute atomic E-state index is 13.1. The van der Waals surface area contributed by atoms with Gasteiger partial charge in [-0.05, 0) is 43.4 Å². The van der Waals surface area contributed by atoms with Gasteiger partial charge < -0.3 is 15.4 Å². The number of halogens is 2. The smallest absolute Gasteiger partial charge is 0.223 e. The summed E-state index contributed by atoms with van der Waals surface area (Å²) in [5.41, 5.74) is 7.00. The van der Waals surface area contributed by atoms with Crippen LogP contribution in [-0.4, -0.2) is 36.0 Å². The van der Waals surface area contributed by atoms with Crippen LogP contribution < -0.4 is 5.73 Å². The third-order valence-electron chi connectivity index (χ3n) is 5.01. The van der Waals surface area contributed by atoms with Crippen molar-refractivity contribution in [3.8, 4) is 0 Å². The first-order valence-corrected chi connectivity index (χ1v) is 8.47. The highest BCUT2D eigenvalue weighted by Gasteiger charge is 2.32. The minimum Gasteiger partial charge on any atom is -0.367 e. The van der Waals surface area contributed by atoms with Gasteiger partial charge in [-0.1, -0.05) is 18.6 Å². The lowest BCUT2D eigenvalue weighted by Crippen LogP contribution is -2.46. The van der Waals surface area contributed by atoms with E-state index in [0.717, 1.165) is 24.8 Å². The Morgan fingerprint density at radius 2 is 2.00 bits per heavy atom. The number of carbonyl (C=O) groups is 1. The van der Waals surface area contributed by atoms with E-state index in [1.165, 1.54) is 12.1 Å². The molecule has 1 aromatic carbocycles. The minimum atomic E-state index is -0.263. The second kappa shape index (κ2) is 8.28. The molecule has 0 aromatic heterocycles. The molecule has 1 aromatic rings. The molecule has 1 amide bonds. The Balaban J connectivity index is 0.00000208. The standard InChI is InChI=1S/C18H25FN2O2.ClH/c1-12-10-21(18(22)9-14-3-2-4-16(14)20)11-17(23-12)13-5-7-15(19)8-6-13;/h5-8,12,14,16-17H,2-4,9-11,20H2,1H3;1H/t12?,14-,16+,17?;/m0./s1. The number of benzene rings is 1. The Morgan fingerprint density at radius 3 is 2.62 bits per heavy atom. The molecular weight excluding hydrogens is 331 g/mol. The SMILES string of the molecule is CC1CN(C(=O)C[C@@H]2CCC[C@H]2N)CC(c2ccc(F)cc2)O1.Cl. The molecule has 6 heteroatoms. The lowest BCUT2D eigenvalue weighted by atomic mass is 9.98. The molecule has 0 spiro atoms. The highest BCUT2D eigenvalue weighted by atomic mass is 35.5. The summed E-state index contributed by atoms with van der Waals surface area (Å²) in [7, 11) is 0. The maximum Gasteiger partial charge on any atom is 0.223 e. The van der Waals surface area contributed by atoms with E-state index in [1.807, 2.05) is 11.8 Å². The summed E-state index contributed by atoms with van der Waals surface area (Å²) in [4.78, 5) is 14.5. The molecule has 24 heavy (non-hydrogen) atoms. The van der Waals surface area contributed by atoms with Crippen LogP contribution in [0.1, 0.15) is 44.3 Å². The van der Waals surface area contributed by atoms with E-state index in [0.29, 0.717) is 25.4 Å². The molecule has 134 valence electrons. The molecule has 4 nitrogen and oxygen atoms in total. The van der Waals surface area contributed by atoms with Crippen molar-refractivity contribution in [2.24, 2.45) is 11.7 Å². The maximum atomic E-state index is 13.1. The van der Waals surface area contributed by atoms with E-state index in [2.05, 4.69) is 0 Å². The fourth-order valence-corrected chi connectivity index (χ4v) is 3.69. The molecule has 1 saturated heterocycles. The number of rotatable bonds is 3. The molecule has 4 atom stereocenters. The highest BCUT2D eigenvalue weighted by molar-refractivity contribution is 5.85. The molecule has 2 fully saturated rings. The van der Waals surface area contributed by atoms with Crippen LogP contribution in [0.4, 0.5) is 4.39 Å².